The Hall–Kier alpha value is -0.670. The Morgan fingerprint density at radius 2 is 1.94 bits per heavy atom. The first-order valence-corrected chi connectivity index (χ1v) is 7.54. The van der Waals surface area contributed by atoms with Crippen molar-refractivity contribution in [2.75, 3.05) is 0 Å². The summed E-state index contributed by atoms with van der Waals surface area (Å²) in [5.74, 6) is 0. The number of hydrogen-bond acceptors (Lipinski definition) is 2. The van der Waals surface area contributed by atoms with Gasteiger partial charge in [-0.05, 0) is 31.4 Å². The monoisotopic (exact) mass is 253 g/mol. The van der Waals surface area contributed by atoms with Crippen molar-refractivity contribution in [1.82, 2.24) is 0 Å². The number of nitrogens with two attached hydrogens (primary N) is 1. The number of hydrogen-bond donors (Lipinski definition) is 1. The van der Waals surface area contributed by atoms with Gasteiger partial charge in [0.05, 0.1) is 16.0 Å². The van der Waals surface area contributed by atoms with Crippen molar-refractivity contribution >= 4 is 10.8 Å². The van der Waals surface area contributed by atoms with E-state index in [1.165, 1.54) is 0 Å². The molecule has 0 spiro atoms. The summed E-state index contributed by atoms with van der Waals surface area (Å²) in [4.78, 5) is 0.936. The molecule has 1 aromatic carbocycles. The van der Waals surface area contributed by atoms with Gasteiger partial charge in [-0.2, -0.15) is 0 Å². The summed E-state index contributed by atoms with van der Waals surface area (Å²) in [5.41, 5.74) is 7.22. The normalized spacial score (nSPS) is 16.5. The maximum atomic E-state index is 12.5. The van der Waals surface area contributed by atoms with Crippen molar-refractivity contribution in [2.24, 2.45) is 5.73 Å². The molecule has 3 atom stereocenters. The lowest BCUT2D eigenvalue weighted by Gasteiger charge is -2.22. The summed E-state index contributed by atoms with van der Waals surface area (Å²) in [6.07, 6.45) is 2.85. The maximum absolute atomic E-state index is 12.5. The summed E-state index contributed by atoms with van der Waals surface area (Å²) >= 11 is 0. The highest BCUT2D eigenvalue weighted by molar-refractivity contribution is 7.85. The molecule has 0 saturated carbocycles. The molecule has 0 fully saturated rings. The fraction of sp³-hybridized carbons (Fsp3) is 0.571. The zero-order valence-electron chi connectivity index (χ0n) is 11.0. The molecule has 96 valence electrons. The van der Waals surface area contributed by atoms with E-state index in [1.54, 1.807) is 0 Å². The topological polar surface area (TPSA) is 43.1 Å². The fourth-order valence-corrected chi connectivity index (χ4v) is 3.76. The standard InChI is InChI=1S/C14H23NOS/c1-4-8-12(15)13(5-2)17(16)14-10-7-6-9-11(14)3/h6-7,9-10,12-13H,4-5,8,15H2,1-3H3. The molecule has 0 aliphatic carbocycles. The van der Waals surface area contributed by atoms with Crippen molar-refractivity contribution < 1.29 is 4.21 Å². The summed E-state index contributed by atoms with van der Waals surface area (Å²) in [6, 6.07) is 7.91. The average molecular weight is 253 g/mol. The van der Waals surface area contributed by atoms with Crippen LogP contribution in [0.5, 0.6) is 0 Å². The largest absolute Gasteiger partial charge is 0.327 e. The first-order chi connectivity index (χ1) is 8.11. The Labute approximate surface area is 107 Å². The van der Waals surface area contributed by atoms with Crippen LogP contribution in [-0.4, -0.2) is 15.5 Å². The first kappa shape index (κ1) is 14.4. The van der Waals surface area contributed by atoms with Gasteiger partial charge in [0.2, 0.25) is 0 Å². The van der Waals surface area contributed by atoms with Crippen molar-refractivity contribution in [3.63, 3.8) is 0 Å². The van der Waals surface area contributed by atoms with E-state index in [-0.39, 0.29) is 11.3 Å². The Morgan fingerprint density at radius 1 is 1.29 bits per heavy atom. The van der Waals surface area contributed by atoms with Crippen molar-refractivity contribution in [2.45, 2.75) is 56.2 Å². The van der Waals surface area contributed by atoms with Crippen LogP contribution in [-0.2, 0) is 10.8 Å². The molecule has 0 aliphatic heterocycles. The maximum Gasteiger partial charge on any atom is 0.0579 e. The average Bonchev–Trinajstić information content (AvgIpc) is 2.30. The molecule has 0 aliphatic rings. The van der Waals surface area contributed by atoms with Gasteiger partial charge in [-0.1, -0.05) is 38.5 Å². The van der Waals surface area contributed by atoms with Gasteiger partial charge in [-0.3, -0.25) is 4.21 Å². The van der Waals surface area contributed by atoms with Gasteiger partial charge in [0.1, 0.15) is 0 Å². The van der Waals surface area contributed by atoms with E-state index in [1.807, 2.05) is 31.2 Å². The first-order valence-electron chi connectivity index (χ1n) is 6.33. The Bertz CT molecular complexity index is 378. The van der Waals surface area contributed by atoms with E-state index >= 15 is 0 Å². The second-order valence-electron chi connectivity index (χ2n) is 4.46. The van der Waals surface area contributed by atoms with Crippen molar-refractivity contribution in [3.8, 4) is 0 Å². The van der Waals surface area contributed by atoms with E-state index in [0.717, 1.165) is 29.7 Å². The number of aryl methyl sites for hydroxylation is 1. The second-order valence-corrected chi connectivity index (χ2v) is 6.10. The molecular formula is C14H23NOS. The van der Waals surface area contributed by atoms with Crippen molar-refractivity contribution in [3.05, 3.63) is 29.8 Å². The van der Waals surface area contributed by atoms with Crippen molar-refractivity contribution in [1.29, 1.82) is 0 Å². The molecule has 17 heavy (non-hydrogen) atoms. The molecule has 2 N–H and O–H groups in total. The molecule has 0 bridgehead atoms. The van der Waals surface area contributed by atoms with Gasteiger partial charge in [0, 0.05) is 10.9 Å². The minimum atomic E-state index is -0.989. The SMILES string of the molecule is CCCC(N)C(CC)S(=O)c1ccccc1C. The highest BCUT2D eigenvalue weighted by Crippen LogP contribution is 2.20. The van der Waals surface area contributed by atoms with Gasteiger partial charge in [-0.25, -0.2) is 0 Å². The molecule has 1 aromatic rings. The highest BCUT2D eigenvalue weighted by Gasteiger charge is 2.23. The van der Waals surface area contributed by atoms with Crippen LogP contribution in [0.3, 0.4) is 0 Å². The third-order valence-corrected chi connectivity index (χ3v) is 5.21. The molecular weight excluding hydrogens is 230 g/mol. The molecule has 0 saturated heterocycles. The van der Waals surface area contributed by atoms with E-state index in [4.69, 9.17) is 5.73 Å². The summed E-state index contributed by atoms with van der Waals surface area (Å²) in [7, 11) is -0.989. The zero-order valence-corrected chi connectivity index (χ0v) is 11.8. The molecule has 3 unspecified atom stereocenters. The fourth-order valence-electron chi connectivity index (χ4n) is 2.08. The molecule has 0 amide bonds. The van der Waals surface area contributed by atoms with E-state index in [0.29, 0.717) is 0 Å². The Balaban J connectivity index is 2.90. The van der Waals surface area contributed by atoms with Gasteiger partial charge in [0.25, 0.3) is 0 Å². The Morgan fingerprint density at radius 3 is 2.47 bits per heavy atom. The molecule has 0 radical (unpaired) electrons. The summed E-state index contributed by atoms with van der Waals surface area (Å²) in [5, 5.41) is 0.0658. The van der Waals surface area contributed by atoms with Crippen LogP contribution < -0.4 is 5.73 Å². The van der Waals surface area contributed by atoms with Crippen LogP contribution in [0.1, 0.15) is 38.7 Å². The van der Waals surface area contributed by atoms with E-state index < -0.39 is 10.8 Å². The number of rotatable bonds is 6. The smallest absolute Gasteiger partial charge is 0.0579 e. The third kappa shape index (κ3) is 3.65. The van der Waals surface area contributed by atoms with Crippen LogP contribution in [0, 0.1) is 6.92 Å². The predicted octanol–water partition coefficient (Wildman–Crippen LogP) is 3.01. The third-order valence-electron chi connectivity index (χ3n) is 3.09. The lowest BCUT2D eigenvalue weighted by Crippen LogP contribution is -2.37. The van der Waals surface area contributed by atoms with Gasteiger partial charge >= 0.3 is 0 Å². The van der Waals surface area contributed by atoms with E-state index in [9.17, 15) is 4.21 Å². The lowest BCUT2D eigenvalue weighted by molar-refractivity contribution is 0.549. The van der Waals surface area contributed by atoms with Crippen LogP contribution in [0.25, 0.3) is 0 Å². The van der Waals surface area contributed by atoms with Gasteiger partial charge < -0.3 is 5.73 Å². The van der Waals surface area contributed by atoms with Gasteiger partial charge in [-0.15, -0.1) is 0 Å². The van der Waals surface area contributed by atoms with Crippen LogP contribution in [0.2, 0.25) is 0 Å². The second kappa shape index (κ2) is 6.92. The summed E-state index contributed by atoms with van der Waals surface area (Å²) in [6.45, 7) is 6.19. The summed E-state index contributed by atoms with van der Waals surface area (Å²) < 4.78 is 12.5. The number of benzene rings is 1. The zero-order chi connectivity index (χ0) is 12.8. The lowest BCUT2D eigenvalue weighted by atomic mass is 10.1. The minimum absolute atomic E-state index is 0.0328. The van der Waals surface area contributed by atoms with E-state index in [2.05, 4.69) is 13.8 Å². The molecule has 1 rings (SSSR count). The van der Waals surface area contributed by atoms with Crippen LogP contribution in [0.4, 0.5) is 0 Å². The van der Waals surface area contributed by atoms with Crippen LogP contribution in [0.15, 0.2) is 29.2 Å². The minimum Gasteiger partial charge on any atom is -0.327 e. The molecule has 2 nitrogen and oxygen atoms in total. The quantitative estimate of drug-likeness (QED) is 0.847. The Kier molecular flexibility index (Phi) is 5.86. The van der Waals surface area contributed by atoms with Crippen LogP contribution >= 0.6 is 0 Å². The predicted molar refractivity (Wildman–Crippen MR) is 74.5 cm³/mol. The molecule has 0 aromatic heterocycles. The van der Waals surface area contributed by atoms with Gasteiger partial charge in [0.15, 0.2) is 0 Å². The molecule has 3 heteroatoms. The highest BCUT2D eigenvalue weighted by atomic mass is 32.2. The molecule has 0 heterocycles.